The zero-order valence-corrected chi connectivity index (χ0v) is 46.2. The molecule has 0 aromatic heterocycles. The van der Waals surface area contributed by atoms with Crippen LogP contribution in [0.2, 0.25) is 0 Å². The van der Waals surface area contributed by atoms with Crippen molar-refractivity contribution in [1.82, 2.24) is 9.80 Å². The largest absolute Gasteiger partial charge is 0.465 e. The first-order valence-corrected chi connectivity index (χ1v) is 29.6. The van der Waals surface area contributed by atoms with E-state index in [9.17, 15) is 19.2 Å². The van der Waals surface area contributed by atoms with Crippen LogP contribution in [0.1, 0.15) is 231 Å². The van der Waals surface area contributed by atoms with Crippen molar-refractivity contribution in [3.8, 4) is 11.5 Å². The lowest BCUT2D eigenvalue weighted by Crippen LogP contribution is -2.47. The fourth-order valence-electron chi connectivity index (χ4n) is 9.81. The van der Waals surface area contributed by atoms with Gasteiger partial charge in [-0.3, -0.25) is 19.2 Å². The number of ether oxygens (including phenoxy) is 4. The van der Waals surface area contributed by atoms with Crippen LogP contribution in [0.5, 0.6) is 11.5 Å². The van der Waals surface area contributed by atoms with Gasteiger partial charge in [0.05, 0.1) is 37.9 Å². The predicted molar refractivity (Wildman–Crippen MR) is 295 cm³/mol. The molecular weight excluding hydrogens is 901 g/mol. The van der Waals surface area contributed by atoms with Crippen molar-refractivity contribution >= 4 is 23.9 Å². The lowest BCUT2D eigenvalue weighted by atomic mass is 9.94. The van der Waals surface area contributed by atoms with Gasteiger partial charge in [0, 0.05) is 39.3 Å². The normalized spacial score (nSPS) is 13.2. The van der Waals surface area contributed by atoms with Gasteiger partial charge < -0.3 is 28.7 Å². The number of rotatable bonds is 44. The van der Waals surface area contributed by atoms with E-state index >= 15 is 0 Å². The van der Waals surface area contributed by atoms with E-state index in [2.05, 4.69) is 37.5 Å². The summed E-state index contributed by atoms with van der Waals surface area (Å²) < 4.78 is 22.9. The third kappa shape index (κ3) is 30.4. The Bertz CT molecular complexity index is 1520. The van der Waals surface area contributed by atoms with Crippen LogP contribution in [0.4, 0.5) is 0 Å². The minimum atomic E-state index is -0.250. The molecule has 408 valence electrons. The average molecular weight is 1000 g/mol. The smallest absolute Gasteiger partial charge is 0.314 e. The predicted octanol–water partition coefficient (Wildman–Crippen LogP) is 15.0. The maximum Gasteiger partial charge on any atom is 0.314 e. The molecule has 3 rings (SSSR count). The molecule has 0 amide bonds. The molecule has 0 atom stereocenters. The molecule has 1 aliphatic rings. The Morgan fingerprint density at radius 3 is 0.958 bits per heavy atom. The SMILES string of the molecule is CCCCCCCCC(CCCCCCCC)C(=O)Oc1ccc(CC(=O)OCCCN2CCN(CCCOC(=O)Cc3ccc(OC(=O)C(CCCCCCCC)CCCCCCCC)cc3)CC2)cc1. The van der Waals surface area contributed by atoms with E-state index in [1.165, 1.54) is 128 Å². The number of esters is 4. The third-order valence-electron chi connectivity index (χ3n) is 14.5. The molecule has 10 heteroatoms. The molecule has 1 fully saturated rings. The van der Waals surface area contributed by atoms with Gasteiger partial charge in [-0.2, -0.15) is 0 Å². The van der Waals surface area contributed by atoms with Crippen molar-refractivity contribution in [3.05, 3.63) is 59.7 Å². The van der Waals surface area contributed by atoms with E-state index in [4.69, 9.17) is 18.9 Å². The topological polar surface area (TPSA) is 112 Å². The highest BCUT2D eigenvalue weighted by Crippen LogP contribution is 2.25. The van der Waals surface area contributed by atoms with Crippen LogP contribution in [-0.4, -0.2) is 86.2 Å². The van der Waals surface area contributed by atoms with Gasteiger partial charge in [-0.25, -0.2) is 0 Å². The molecule has 2 aromatic rings. The van der Waals surface area contributed by atoms with Crippen LogP contribution < -0.4 is 9.47 Å². The number of carbonyl (C=O) groups is 4. The zero-order chi connectivity index (χ0) is 51.7. The summed E-state index contributed by atoms with van der Waals surface area (Å²) in [5.41, 5.74) is 1.68. The number of benzene rings is 2. The molecule has 1 saturated heterocycles. The summed E-state index contributed by atoms with van der Waals surface area (Å²) in [5, 5.41) is 0. The Hall–Kier alpha value is -3.76. The van der Waals surface area contributed by atoms with Gasteiger partial charge in [0.25, 0.3) is 0 Å². The molecule has 0 spiro atoms. The fourth-order valence-corrected chi connectivity index (χ4v) is 9.81. The Balaban J connectivity index is 1.26. The first-order chi connectivity index (χ1) is 35.2. The number of nitrogens with zero attached hydrogens (tertiary/aromatic N) is 2. The van der Waals surface area contributed by atoms with E-state index in [1.807, 2.05) is 24.3 Å². The first-order valence-electron chi connectivity index (χ1n) is 29.6. The van der Waals surface area contributed by atoms with Crippen molar-refractivity contribution in [2.75, 3.05) is 52.5 Å². The first kappa shape index (κ1) is 62.5. The highest BCUT2D eigenvalue weighted by Gasteiger charge is 2.22. The molecule has 72 heavy (non-hydrogen) atoms. The highest BCUT2D eigenvalue weighted by molar-refractivity contribution is 5.76. The van der Waals surface area contributed by atoms with E-state index in [-0.39, 0.29) is 48.6 Å². The Kier molecular flexibility index (Phi) is 36.1. The molecule has 0 saturated carbocycles. The van der Waals surface area contributed by atoms with Crippen LogP contribution in [0.15, 0.2) is 48.5 Å². The molecule has 0 unspecified atom stereocenters. The Morgan fingerprint density at radius 2 is 0.667 bits per heavy atom. The average Bonchev–Trinajstić information content (AvgIpc) is 3.38. The van der Waals surface area contributed by atoms with Crippen molar-refractivity contribution in [2.45, 2.75) is 233 Å². The quantitative estimate of drug-likeness (QED) is 0.0361. The van der Waals surface area contributed by atoms with E-state index in [1.54, 1.807) is 24.3 Å². The highest BCUT2D eigenvalue weighted by atomic mass is 16.5. The van der Waals surface area contributed by atoms with Crippen molar-refractivity contribution in [2.24, 2.45) is 11.8 Å². The second-order valence-electron chi connectivity index (χ2n) is 20.9. The number of hydrogen-bond donors (Lipinski definition) is 0. The summed E-state index contributed by atoms with van der Waals surface area (Å²) in [4.78, 5) is 56.7. The lowest BCUT2D eigenvalue weighted by Gasteiger charge is -2.34. The second-order valence-corrected chi connectivity index (χ2v) is 20.9. The lowest BCUT2D eigenvalue weighted by molar-refractivity contribution is -0.144. The molecule has 10 nitrogen and oxygen atoms in total. The summed E-state index contributed by atoms with van der Waals surface area (Å²) >= 11 is 0. The van der Waals surface area contributed by atoms with Gasteiger partial charge in [0.15, 0.2) is 0 Å². The third-order valence-corrected chi connectivity index (χ3v) is 14.5. The number of unbranched alkanes of at least 4 members (excludes halogenated alkanes) is 20. The van der Waals surface area contributed by atoms with Crippen LogP contribution in [0, 0.1) is 11.8 Å². The standard InChI is InChI=1S/C62H102N2O8/c1-5-9-13-17-21-25-31-55(32-26-22-18-14-10-6-2)61(67)71-57-39-35-53(36-40-57)51-59(65)69-49-29-43-63-45-47-64(48-46-63)44-30-50-70-60(66)52-54-37-41-58(42-38-54)72-62(68)56(33-27-23-19-15-11-7-3)34-28-24-20-16-12-8-4/h35-42,55-56H,5-34,43-52H2,1-4H3. The Labute approximate surface area is 438 Å². The van der Waals surface area contributed by atoms with Gasteiger partial charge in [-0.1, -0.05) is 206 Å². The van der Waals surface area contributed by atoms with Crippen LogP contribution >= 0.6 is 0 Å². The van der Waals surface area contributed by atoms with Crippen LogP contribution in [0.3, 0.4) is 0 Å². The van der Waals surface area contributed by atoms with Crippen LogP contribution in [-0.2, 0) is 41.5 Å². The van der Waals surface area contributed by atoms with E-state index in [0.29, 0.717) is 24.7 Å². The van der Waals surface area contributed by atoms with Gasteiger partial charge in [0.2, 0.25) is 0 Å². The summed E-state index contributed by atoms with van der Waals surface area (Å²) in [7, 11) is 0. The summed E-state index contributed by atoms with van der Waals surface area (Å²) in [6.07, 6.45) is 34.6. The maximum atomic E-state index is 13.3. The molecule has 2 aromatic carbocycles. The van der Waals surface area contributed by atoms with Crippen molar-refractivity contribution in [3.63, 3.8) is 0 Å². The van der Waals surface area contributed by atoms with Gasteiger partial charge in [-0.05, 0) is 73.9 Å². The van der Waals surface area contributed by atoms with Crippen molar-refractivity contribution in [1.29, 1.82) is 0 Å². The molecule has 0 radical (unpaired) electrons. The zero-order valence-electron chi connectivity index (χ0n) is 46.2. The fraction of sp³-hybridized carbons (Fsp3) is 0.742. The molecule has 1 heterocycles. The van der Waals surface area contributed by atoms with E-state index in [0.717, 1.165) is 115 Å². The summed E-state index contributed by atoms with van der Waals surface area (Å²) in [5.74, 6) is 0.195. The molecule has 0 N–H and O–H groups in total. The number of hydrogen-bond acceptors (Lipinski definition) is 10. The monoisotopic (exact) mass is 1000 g/mol. The minimum Gasteiger partial charge on any atom is -0.465 e. The van der Waals surface area contributed by atoms with Crippen molar-refractivity contribution < 1.29 is 38.1 Å². The second kappa shape index (κ2) is 41.6. The molecule has 0 aliphatic carbocycles. The summed E-state index contributed by atoms with van der Waals surface area (Å²) in [6.45, 7) is 15.3. The minimum absolute atomic E-state index is 0.0633. The van der Waals surface area contributed by atoms with Gasteiger partial charge >= 0.3 is 23.9 Å². The molecule has 0 bridgehead atoms. The van der Waals surface area contributed by atoms with Gasteiger partial charge in [0.1, 0.15) is 11.5 Å². The number of carbonyl (C=O) groups excluding carboxylic acids is 4. The number of piperazine rings is 1. The Morgan fingerprint density at radius 1 is 0.389 bits per heavy atom. The van der Waals surface area contributed by atoms with Crippen LogP contribution in [0.25, 0.3) is 0 Å². The molecular formula is C62H102N2O8. The van der Waals surface area contributed by atoms with E-state index < -0.39 is 0 Å². The maximum absolute atomic E-state index is 13.3. The molecule has 1 aliphatic heterocycles. The van der Waals surface area contributed by atoms with Gasteiger partial charge in [-0.15, -0.1) is 0 Å². The summed E-state index contributed by atoms with van der Waals surface area (Å²) in [6, 6.07) is 14.6.